The van der Waals surface area contributed by atoms with E-state index in [-0.39, 0.29) is 18.4 Å². The molecule has 1 saturated heterocycles. The van der Waals surface area contributed by atoms with Crippen molar-refractivity contribution in [1.29, 1.82) is 5.26 Å². The second kappa shape index (κ2) is 11.2. The lowest BCUT2D eigenvalue weighted by Crippen LogP contribution is -2.34. The number of amides is 1. The molecule has 1 N–H and O–H groups in total. The Kier molecular flexibility index (Phi) is 8.97. The SMILES string of the molecule is N#CCCCCCCN1C(=O)CC[C@@H]1CCC(O)Cc1cccc(C(F)(F)F)c1. The van der Waals surface area contributed by atoms with E-state index in [1.54, 1.807) is 6.07 Å². The number of unbranched alkanes of at least 4 members (excludes halogenated alkanes) is 4. The van der Waals surface area contributed by atoms with Crippen LogP contribution in [-0.4, -0.2) is 34.6 Å². The van der Waals surface area contributed by atoms with E-state index in [0.29, 0.717) is 37.8 Å². The minimum Gasteiger partial charge on any atom is -0.393 e. The van der Waals surface area contributed by atoms with Gasteiger partial charge in [0.15, 0.2) is 0 Å². The van der Waals surface area contributed by atoms with Crippen LogP contribution in [0.4, 0.5) is 13.2 Å². The number of alkyl halides is 3. The van der Waals surface area contributed by atoms with Gasteiger partial charge in [0, 0.05) is 25.4 Å². The van der Waals surface area contributed by atoms with Crippen LogP contribution in [-0.2, 0) is 17.4 Å². The number of hydrogen-bond donors (Lipinski definition) is 1. The monoisotopic (exact) mass is 410 g/mol. The maximum Gasteiger partial charge on any atom is 0.416 e. The minimum atomic E-state index is -4.39. The van der Waals surface area contributed by atoms with E-state index in [9.17, 15) is 23.1 Å². The molecule has 1 fully saturated rings. The molecule has 1 amide bonds. The first-order chi connectivity index (χ1) is 13.8. The number of hydrogen-bond acceptors (Lipinski definition) is 3. The third-order valence-electron chi connectivity index (χ3n) is 5.45. The number of nitrogens with zero attached hydrogens (tertiary/aromatic N) is 2. The molecule has 4 nitrogen and oxygen atoms in total. The molecule has 1 aromatic rings. The summed E-state index contributed by atoms with van der Waals surface area (Å²) in [4.78, 5) is 14.0. The van der Waals surface area contributed by atoms with Crippen molar-refractivity contribution < 1.29 is 23.1 Å². The van der Waals surface area contributed by atoms with Crippen molar-refractivity contribution in [3.63, 3.8) is 0 Å². The molecule has 0 aliphatic carbocycles. The van der Waals surface area contributed by atoms with Gasteiger partial charge in [0.2, 0.25) is 5.91 Å². The Bertz CT molecular complexity index is 700. The lowest BCUT2D eigenvalue weighted by atomic mass is 9.99. The minimum absolute atomic E-state index is 0.0952. The number of carbonyl (C=O) groups excluding carboxylic acids is 1. The second-order valence-corrected chi connectivity index (χ2v) is 7.74. The zero-order valence-corrected chi connectivity index (χ0v) is 16.6. The van der Waals surface area contributed by atoms with Gasteiger partial charge in [-0.15, -0.1) is 0 Å². The first kappa shape index (κ1) is 23.2. The molecule has 1 unspecified atom stereocenters. The van der Waals surface area contributed by atoms with Crippen molar-refractivity contribution in [2.24, 2.45) is 0 Å². The van der Waals surface area contributed by atoms with Gasteiger partial charge < -0.3 is 10.0 Å². The molecule has 29 heavy (non-hydrogen) atoms. The highest BCUT2D eigenvalue weighted by atomic mass is 19.4. The fourth-order valence-corrected chi connectivity index (χ4v) is 3.87. The number of nitriles is 1. The number of aliphatic hydroxyl groups excluding tert-OH is 1. The third kappa shape index (κ3) is 7.69. The molecule has 0 bridgehead atoms. The summed E-state index contributed by atoms with van der Waals surface area (Å²) in [5.74, 6) is 0.138. The molecule has 2 rings (SSSR count). The maximum atomic E-state index is 12.8. The summed E-state index contributed by atoms with van der Waals surface area (Å²) in [5, 5.41) is 18.8. The van der Waals surface area contributed by atoms with E-state index in [4.69, 9.17) is 5.26 Å². The van der Waals surface area contributed by atoms with Crippen molar-refractivity contribution >= 4 is 5.91 Å². The number of likely N-dealkylation sites (tertiary alicyclic amines) is 1. The van der Waals surface area contributed by atoms with Gasteiger partial charge in [0.1, 0.15) is 0 Å². The highest BCUT2D eigenvalue weighted by Gasteiger charge is 2.31. The van der Waals surface area contributed by atoms with Crippen molar-refractivity contribution in [2.45, 2.75) is 82.5 Å². The molecule has 0 saturated carbocycles. The van der Waals surface area contributed by atoms with Gasteiger partial charge in [-0.3, -0.25) is 4.79 Å². The van der Waals surface area contributed by atoms with Crippen LogP contribution >= 0.6 is 0 Å². The molecule has 7 heteroatoms. The normalized spacial score (nSPS) is 18.1. The molecule has 0 radical (unpaired) electrons. The summed E-state index contributed by atoms with van der Waals surface area (Å²) in [6.45, 7) is 0.694. The lowest BCUT2D eigenvalue weighted by Gasteiger charge is -2.26. The summed E-state index contributed by atoms with van der Waals surface area (Å²) in [6, 6.07) is 7.28. The van der Waals surface area contributed by atoms with Crippen molar-refractivity contribution in [2.75, 3.05) is 6.54 Å². The van der Waals surface area contributed by atoms with Gasteiger partial charge in [0.25, 0.3) is 0 Å². The van der Waals surface area contributed by atoms with Crippen molar-refractivity contribution in [1.82, 2.24) is 4.90 Å². The van der Waals surface area contributed by atoms with Crippen LogP contribution in [0, 0.1) is 11.3 Å². The molecule has 1 aliphatic rings. The molecular weight excluding hydrogens is 381 g/mol. The van der Waals surface area contributed by atoms with E-state index >= 15 is 0 Å². The number of rotatable bonds is 11. The second-order valence-electron chi connectivity index (χ2n) is 7.74. The summed E-state index contributed by atoms with van der Waals surface area (Å²) in [7, 11) is 0. The molecular formula is C22H29F3N2O2. The van der Waals surface area contributed by atoms with Crippen LogP contribution in [0.2, 0.25) is 0 Å². The number of benzene rings is 1. The van der Waals surface area contributed by atoms with Crippen LogP contribution in [0.1, 0.15) is 68.9 Å². The van der Waals surface area contributed by atoms with Gasteiger partial charge in [-0.25, -0.2) is 0 Å². The van der Waals surface area contributed by atoms with E-state index < -0.39 is 17.8 Å². The van der Waals surface area contributed by atoms with Crippen LogP contribution in [0.15, 0.2) is 24.3 Å². The summed E-state index contributed by atoms with van der Waals surface area (Å²) in [6.07, 6.45) is 1.75. The largest absolute Gasteiger partial charge is 0.416 e. The molecule has 2 atom stereocenters. The Morgan fingerprint density at radius 3 is 2.72 bits per heavy atom. The van der Waals surface area contributed by atoms with E-state index in [0.717, 1.165) is 44.2 Å². The van der Waals surface area contributed by atoms with Crippen molar-refractivity contribution in [3.8, 4) is 6.07 Å². The maximum absolute atomic E-state index is 12.8. The van der Waals surface area contributed by atoms with Crippen LogP contribution in [0.3, 0.4) is 0 Å². The summed E-state index contributed by atoms with van der Waals surface area (Å²) < 4.78 is 38.4. The molecule has 0 aromatic heterocycles. The van der Waals surface area contributed by atoms with Gasteiger partial charge in [-0.1, -0.05) is 31.0 Å². The average molecular weight is 410 g/mol. The van der Waals surface area contributed by atoms with Gasteiger partial charge in [0.05, 0.1) is 17.7 Å². The Hall–Kier alpha value is -2.07. The smallest absolute Gasteiger partial charge is 0.393 e. The fraction of sp³-hybridized carbons (Fsp3) is 0.636. The van der Waals surface area contributed by atoms with E-state index in [1.165, 1.54) is 6.07 Å². The lowest BCUT2D eigenvalue weighted by molar-refractivity contribution is -0.137. The Balaban J connectivity index is 1.77. The van der Waals surface area contributed by atoms with Gasteiger partial charge in [-0.2, -0.15) is 18.4 Å². The first-order valence-electron chi connectivity index (χ1n) is 10.3. The average Bonchev–Trinajstić information content (AvgIpc) is 3.02. The van der Waals surface area contributed by atoms with E-state index in [1.807, 2.05) is 4.90 Å². The topological polar surface area (TPSA) is 64.3 Å². The summed E-state index contributed by atoms with van der Waals surface area (Å²) >= 11 is 0. The standard InChI is InChI=1S/C22H29F3N2O2/c23-22(24,25)18-8-6-7-17(15-18)16-20(28)11-9-19-10-12-21(29)27(19)14-5-3-1-2-4-13-26/h6-8,15,19-20,28H,1-5,9-12,14,16H2/t19-,20?/m0/s1. The summed E-state index contributed by atoms with van der Waals surface area (Å²) in [5.41, 5.74) is -0.242. The highest BCUT2D eigenvalue weighted by Crippen LogP contribution is 2.30. The van der Waals surface area contributed by atoms with Gasteiger partial charge >= 0.3 is 6.18 Å². The van der Waals surface area contributed by atoms with Crippen molar-refractivity contribution in [3.05, 3.63) is 35.4 Å². The molecule has 1 heterocycles. The zero-order chi connectivity index (χ0) is 21.3. The van der Waals surface area contributed by atoms with Gasteiger partial charge in [-0.05, 0) is 50.2 Å². The Labute approximate surface area is 170 Å². The first-order valence-corrected chi connectivity index (χ1v) is 10.3. The number of aliphatic hydroxyl groups is 1. The molecule has 0 spiro atoms. The molecule has 160 valence electrons. The third-order valence-corrected chi connectivity index (χ3v) is 5.45. The zero-order valence-electron chi connectivity index (χ0n) is 16.6. The van der Waals surface area contributed by atoms with E-state index in [2.05, 4.69) is 6.07 Å². The Morgan fingerprint density at radius 2 is 2.00 bits per heavy atom. The Morgan fingerprint density at radius 1 is 1.24 bits per heavy atom. The predicted molar refractivity (Wildman–Crippen MR) is 104 cm³/mol. The van der Waals surface area contributed by atoms with Crippen LogP contribution < -0.4 is 0 Å². The highest BCUT2D eigenvalue weighted by molar-refractivity contribution is 5.78. The number of halogens is 3. The quantitative estimate of drug-likeness (QED) is 0.530. The van der Waals surface area contributed by atoms with Crippen LogP contribution in [0.5, 0.6) is 0 Å². The number of carbonyl (C=O) groups is 1. The predicted octanol–water partition coefficient (Wildman–Crippen LogP) is 4.85. The fourth-order valence-electron chi connectivity index (χ4n) is 3.87. The van der Waals surface area contributed by atoms with Crippen LogP contribution in [0.25, 0.3) is 0 Å². The molecule has 1 aliphatic heterocycles. The molecule has 1 aromatic carbocycles.